The first-order valence-corrected chi connectivity index (χ1v) is 27.6. The zero-order chi connectivity index (χ0) is 49.2. The Morgan fingerprint density at radius 1 is 0.348 bits per heavy atom. The number of aliphatic hydroxyl groups is 1. The summed E-state index contributed by atoms with van der Waals surface area (Å²) in [6.07, 6.45) is 1.18. The Balaban J connectivity index is 1.39. The van der Waals surface area contributed by atoms with E-state index >= 15 is 0 Å². The van der Waals surface area contributed by atoms with Crippen LogP contribution in [0.3, 0.4) is 0 Å². The number of aliphatic hydroxyl groups excluding tert-OH is 1. The zero-order valence-electron chi connectivity index (χ0n) is 46.0. The molecule has 10 nitrogen and oxygen atoms in total. The highest BCUT2D eigenvalue weighted by Gasteiger charge is 2.54. The molecule has 0 spiro atoms. The van der Waals surface area contributed by atoms with Gasteiger partial charge < -0.3 is 47.7 Å². The third-order valence-corrected chi connectivity index (χ3v) is 19.4. The van der Waals surface area contributed by atoms with Gasteiger partial charge in [-0.1, -0.05) is 164 Å². The standard InChI is InChI=1S/C56H104O10/c1-22-27(6)45-33(12)35(14)50(42(21)58-45)64-56-52(36(15)34(13)46(62-56)28(7)23-2)66-53-37(16)31(10)32(11)51(65-53)43(26-5)59-55-41(20)49(40(19)48(61-55)30(9)25-4)63-54-39(18)44(57)38(17)47(60-54)29(8)24-3/h27-57H,22-26H2,1-21H3/t27-,28-,29-,30-,31+,32+,33+,34+,35+,36+,37?,38+,39?,40-,41?,42-,43-,44?,45?,46?,47+,48?,49+,50?,51?,52?,53-,54-,55+,56-/m1/s1. The molecule has 5 fully saturated rings. The lowest BCUT2D eigenvalue weighted by atomic mass is 9.76. The van der Waals surface area contributed by atoms with Gasteiger partial charge in [0.1, 0.15) is 6.10 Å². The molecule has 5 heterocycles. The minimum absolute atomic E-state index is 0.0338. The fourth-order valence-electron chi connectivity index (χ4n) is 12.8. The molecule has 0 aromatic heterocycles. The molecule has 10 heteroatoms. The first-order chi connectivity index (χ1) is 31.1. The molecule has 0 radical (unpaired) electrons. The smallest absolute Gasteiger partial charge is 0.184 e. The summed E-state index contributed by atoms with van der Waals surface area (Å²) >= 11 is 0. The fraction of sp³-hybridized carbons (Fsp3) is 1.00. The summed E-state index contributed by atoms with van der Waals surface area (Å²) in [5.74, 6) is 3.05. The normalized spacial score (nSPS) is 49.5. The Labute approximate surface area is 405 Å². The Morgan fingerprint density at radius 3 is 1.27 bits per heavy atom. The molecule has 1 N–H and O–H groups in total. The highest BCUT2D eigenvalue weighted by atomic mass is 16.8. The molecule has 10 unspecified atom stereocenters. The summed E-state index contributed by atoms with van der Waals surface area (Å²) in [7, 11) is 0. The number of hydrogen-bond donors (Lipinski definition) is 1. The third kappa shape index (κ3) is 11.8. The minimum Gasteiger partial charge on any atom is -0.392 e. The van der Waals surface area contributed by atoms with E-state index in [1.165, 1.54) is 0 Å². The van der Waals surface area contributed by atoms with Gasteiger partial charge in [0.25, 0.3) is 0 Å². The van der Waals surface area contributed by atoms with Crippen molar-refractivity contribution in [1.29, 1.82) is 0 Å². The lowest BCUT2D eigenvalue weighted by Gasteiger charge is -2.53. The Morgan fingerprint density at radius 2 is 0.742 bits per heavy atom. The van der Waals surface area contributed by atoms with Crippen molar-refractivity contribution < 1.29 is 47.7 Å². The summed E-state index contributed by atoms with van der Waals surface area (Å²) < 4.78 is 64.0. The molecule has 0 aromatic carbocycles. The lowest BCUT2D eigenvalue weighted by molar-refractivity contribution is -0.370. The van der Waals surface area contributed by atoms with Crippen LogP contribution in [0.2, 0.25) is 0 Å². The monoisotopic (exact) mass is 937 g/mol. The fourth-order valence-corrected chi connectivity index (χ4v) is 12.8. The van der Waals surface area contributed by atoms with Gasteiger partial charge >= 0.3 is 0 Å². The van der Waals surface area contributed by atoms with E-state index in [2.05, 4.69) is 145 Å². The molecule has 5 aliphatic heterocycles. The largest absolute Gasteiger partial charge is 0.392 e. The molecule has 388 valence electrons. The number of ether oxygens (including phenoxy) is 9. The van der Waals surface area contributed by atoms with Crippen LogP contribution in [0.15, 0.2) is 0 Å². The summed E-state index contributed by atoms with van der Waals surface area (Å²) in [6.45, 7) is 47.3. The highest BCUT2D eigenvalue weighted by Crippen LogP contribution is 2.47. The lowest BCUT2D eigenvalue weighted by Crippen LogP contribution is -2.60. The first-order valence-electron chi connectivity index (χ1n) is 27.6. The number of hydrogen-bond acceptors (Lipinski definition) is 10. The Hall–Kier alpha value is -0.400. The van der Waals surface area contributed by atoms with E-state index in [-0.39, 0.29) is 108 Å². The van der Waals surface area contributed by atoms with E-state index in [9.17, 15) is 5.11 Å². The third-order valence-electron chi connectivity index (χ3n) is 19.4. The van der Waals surface area contributed by atoms with Crippen molar-refractivity contribution in [3.63, 3.8) is 0 Å². The second kappa shape index (κ2) is 24.3. The van der Waals surface area contributed by atoms with E-state index in [1.807, 2.05) is 0 Å². The Bertz CT molecular complexity index is 1430. The van der Waals surface area contributed by atoms with E-state index in [4.69, 9.17) is 42.6 Å². The molecule has 0 amide bonds. The zero-order valence-corrected chi connectivity index (χ0v) is 46.0. The maximum atomic E-state index is 11.5. The minimum atomic E-state index is -0.559. The van der Waals surface area contributed by atoms with Gasteiger partial charge in [0.2, 0.25) is 0 Å². The molecular formula is C56H104O10. The molecule has 5 aliphatic rings. The van der Waals surface area contributed by atoms with Crippen LogP contribution in [0.25, 0.3) is 0 Å². The number of rotatable bonds is 18. The van der Waals surface area contributed by atoms with Crippen molar-refractivity contribution in [2.75, 3.05) is 0 Å². The molecule has 30 atom stereocenters. The second-order valence-electron chi connectivity index (χ2n) is 23.6. The van der Waals surface area contributed by atoms with E-state index in [0.29, 0.717) is 41.4 Å². The maximum Gasteiger partial charge on any atom is 0.184 e. The predicted molar refractivity (Wildman–Crippen MR) is 263 cm³/mol. The molecule has 5 rings (SSSR count). The van der Waals surface area contributed by atoms with Crippen LogP contribution in [-0.4, -0.2) is 97.4 Å². The summed E-state index contributed by atoms with van der Waals surface area (Å²) in [5, 5.41) is 11.5. The first kappa shape index (κ1) is 56.5. The highest BCUT2D eigenvalue weighted by molar-refractivity contribution is 4.96. The Kier molecular flexibility index (Phi) is 20.8. The van der Waals surface area contributed by atoms with Gasteiger partial charge in [0.15, 0.2) is 25.2 Å². The quantitative estimate of drug-likeness (QED) is 0.143. The van der Waals surface area contributed by atoms with Gasteiger partial charge in [-0.15, -0.1) is 0 Å². The molecule has 0 aromatic rings. The molecule has 0 saturated carbocycles. The van der Waals surface area contributed by atoms with Crippen LogP contribution in [-0.2, 0) is 42.6 Å². The van der Waals surface area contributed by atoms with Crippen LogP contribution in [0, 0.1) is 88.8 Å². The van der Waals surface area contributed by atoms with Crippen LogP contribution < -0.4 is 0 Å². The topological polar surface area (TPSA) is 103 Å². The average molecular weight is 937 g/mol. The van der Waals surface area contributed by atoms with Crippen LogP contribution in [0.5, 0.6) is 0 Å². The van der Waals surface area contributed by atoms with Gasteiger partial charge in [0.05, 0.1) is 61.0 Å². The summed E-state index contributed by atoms with van der Waals surface area (Å²) in [5.41, 5.74) is 0. The van der Waals surface area contributed by atoms with Gasteiger partial charge in [-0.2, -0.15) is 0 Å². The van der Waals surface area contributed by atoms with Crippen molar-refractivity contribution in [1.82, 2.24) is 0 Å². The molecule has 0 aliphatic carbocycles. The van der Waals surface area contributed by atoms with Crippen LogP contribution >= 0.6 is 0 Å². The van der Waals surface area contributed by atoms with Crippen molar-refractivity contribution in [2.45, 2.75) is 270 Å². The van der Waals surface area contributed by atoms with Gasteiger partial charge in [-0.3, -0.25) is 0 Å². The summed E-state index contributed by atoms with van der Waals surface area (Å²) in [6, 6.07) is 0. The maximum absolute atomic E-state index is 11.5. The van der Waals surface area contributed by atoms with Crippen LogP contribution in [0.1, 0.15) is 178 Å². The van der Waals surface area contributed by atoms with Gasteiger partial charge in [-0.25, -0.2) is 0 Å². The van der Waals surface area contributed by atoms with Crippen molar-refractivity contribution in [3.05, 3.63) is 0 Å². The second-order valence-corrected chi connectivity index (χ2v) is 23.6. The van der Waals surface area contributed by atoms with E-state index < -0.39 is 31.3 Å². The summed E-state index contributed by atoms with van der Waals surface area (Å²) in [4.78, 5) is 0. The predicted octanol–water partition coefficient (Wildman–Crippen LogP) is 12.2. The SMILES string of the molecule is CC[C@@H](C)C1O[C@H](OC2[C@@H](C)[C@H](C)C([C@H](C)CC)O[C@@H]2C)C(O[C@H]2OC([C@@H](CC)O[C@H]3OC([C@H](C)CC)[C@@H](C)[C@H](O[C@H]4O[C@@H]([C@H](C)CC)[C@@H](C)C(O)C4C)C3C)[C@@H](C)[C@H](C)C2C)[C@@H](C)[C@@H]1C. The van der Waals surface area contributed by atoms with Crippen molar-refractivity contribution >= 4 is 0 Å². The van der Waals surface area contributed by atoms with Crippen LogP contribution in [0.4, 0.5) is 0 Å². The molecule has 0 bridgehead atoms. The van der Waals surface area contributed by atoms with E-state index in [0.717, 1.165) is 32.1 Å². The van der Waals surface area contributed by atoms with Crippen molar-refractivity contribution in [2.24, 2.45) is 88.8 Å². The average Bonchev–Trinajstić information content (AvgIpc) is 3.31. The molecule has 5 saturated heterocycles. The van der Waals surface area contributed by atoms with Gasteiger partial charge in [-0.05, 0) is 72.5 Å². The van der Waals surface area contributed by atoms with E-state index in [1.54, 1.807) is 0 Å². The van der Waals surface area contributed by atoms with Crippen molar-refractivity contribution in [3.8, 4) is 0 Å². The van der Waals surface area contributed by atoms with Gasteiger partial charge in [0, 0.05) is 29.6 Å². The molecular weight excluding hydrogens is 833 g/mol. The molecule has 66 heavy (non-hydrogen) atoms.